The Hall–Kier alpha value is -2.83. The number of rotatable bonds is 6. The summed E-state index contributed by atoms with van der Waals surface area (Å²) in [6, 6.07) is 20.7. The van der Waals surface area contributed by atoms with Gasteiger partial charge in [0.1, 0.15) is 0 Å². The third-order valence-electron chi connectivity index (χ3n) is 4.86. The summed E-state index contributed by atoms with van der Waals surface area (Å²) in [6.07, 6.45) is 0. The van der Waals surface area contributed by atoms with Crippen molar-refractivity contribution in [3.63, 3.8) is 0 Å². The Labute approximate surface area is 159 Å². The van der Waals surface area contributed by atoms with Crippen LogP contribution in [-0.4, -0.2) is 41.5 Å². The number of nitrogen functional groups attached to an aromatic ring is 1. The summed E-state index contributed by atoms with van der Waals surface area (Å²) in [5.41, 5.74) is 10.8. The third-order valence-corrected chi connectivity index (χ3v) is 4.86. The lowest BCUT2D eigenvalue weighted by Crippen LogP contribution is -2.50. The second-order valence-corrected chi connectivity index (χ2v) is 6.78. The molecule has 0 radical (unpaired) electrons. The van der Waals surface area contributed by atoms with E-state index in [2.05, 4.69) is 51.0 Å². The summed E-state index contributed by atoms with van der Waals surface area (Å²) in [5, 5.41) is 2.25. The molecule has 1 aliphatic heterocycles. The van der Waals surface area contributed by atoms with Crippen LogP contribution in [0.5, 0.6) is 0 Å². The molecule has 27 heavy (non-hydrogen) atoms. The van der Waals surface area contributed by atoms with Crippen molar-refractivity contribution in [1.29, 1.82) is 0 Å². The van der Waals surface area contributed by atoms with E-state index >= 15 is 0 Å². The second-order valence-electron chi connectivity index (χ2n) is 6.78. The van der Waals surface area contributed by atoms with Crippen molar-refractivity contribution >= 4 is 5.95 Å². The number of ether oxygens (including phenoxy) is 1. The lowest BCUT2D eigenvalue weighted by atomic mass is 10.1. The van der Waals surface area contributed by atoms with Gasteiger partial charge in [-0.25, -0.2) is 9.66 Å². The molecule has 0 aliphatic carbocycles. The van der Waals surface area contributed by atoms with E-state index in [-0.39, 0.29) is 0 Å². The average Bonchev–Trinajstić information content (AvgIpc) is 3.04. The molecule has 140 valence electrons. The molecule has 6 heteroatoms. The minimum absolute atomic E-state index is 0.533. The number of nitrogens with two attached hydrogens (primary N) is 1. The summed E-state index contributed by atoms with van der Waals surface area (Å²) in [6.45, 7) is 3.90. The van der Waals surface area contributed by atoms with Gasteiger partial charge in [0.05, 0.1) is 31.2 Å². The lowest BCUT2D eigenvalue weighted by molar-refractivity contribution is 0.127. The first-order chi connectivity index (χ1) is 13.3. The van der Waals surface area contributed by atoms with Crippen LogP contribution in [0.3, 0.4) is 0 Å². The minimum atomic E-state index is 0.533. The van der Waals surface area contributed by atoms with Gasteiger partial charge in [0, 0.05) is 25.8 Å². The van der Waals surface area contributed by atoms with Gasteiger partial charge in [0.15, 0.2) is 0 Å². The van der Waals surface area contributed by atoms with Crippen LogP contribution in [0.25, 0.3) is 11.3 Å². The van der Waals surface area contributed by atoms with E-state index < -0.39 is 0 Å². The van der Waals surface area contributed by atoms with Gasteiger partial charge in [-0.15, -0.1) is 0 Å². The summed E-state index contributed by atoms with van der Waals surface area (Å²) >= 11 is 0. The number of benzene rings is 2. The molecule has 0 saturated heterocycles. The number of hydrogen-bond acceptors (Lipinski definition) is 5. The van der Waals surface area contributed by atoms with Crippen molar-refractivity contribution in [2.24, 2.45) is 0 Å². The summed E-state index contributed by atoms with van der Waals surface area (Å²) in [7, 11) is 1.74. The normalized spacial score (nSPS) is 14.3. The van der Waals surface area contributed by atoms with Crippen molar-refractivity contribution in [3.8, 4) is 11.3 Å². The van der Waals surface area contributed by atoms with Gasteiger partial charge < -0.3 is 10.5 Å². The van der Waals surface area contributed by atoms with Crippen LogP contribution in [0.1, 0.15) is 11.3 Å². The van der Waals surface area contributed by atoms with Crippen LogP contribution in [0.2, 0.25) is 0 Å². The number of methoxy groups -OCH3 is 1. The zero-order valence-electron chi connectivity index (χ0n) is 15.6. The largest absolute Gasteiger partial charge is 0.383 e. The molecule has 0 amide bonds. The fourth-order valence-corrected chi connectivity index (χ4v) is 3.59. The Morgan fingerprint density at radius 1 is 1.04 bits per heavy atom. The molecule has 1 aromatic heterocycles. The first-order valence-electron chi connectivity index (χ1n) is 9.19. The van der Waals surface area contributed by atoms with E-state index in [9.17, 15) is 0 Å². The average molecular weight is 363 g/mol. The fourth-order valence-electron chi connectivity index (χ4n) is 3.59. The zero-order chi connectivity index (χ0) is 18.6. The van der Waals surface area contributed by atoms with E-state index in [0.717, 1.165) is 43.3 Å². The molecule has 0 spiro atoms. The molecular formula is C21H25N5O. The van der Waals surface area contributed by atoms with Gasteiger partial charge in [0.2, 0.25) is 5.95 Å². The van der Waals surface area contributed by atoms with Crippen molar-refractivity contribution in [3.05, 3.63) is 71.9 Å². The minimum Gasteiger partial charge on any atom is -0.383 e. The van der Waals surface area contributed by atoms with Crippen LogP contribution in [0, 0.1) is 0 Å². The number of imidazole rings is 1. The van der Waals surface area contributed by atoms with Crippen molar-refractivity contribution in [2.75, 3.05) is 37.7 Å². The van der Waals surface area contributed by atoms with E-state index in [1.54, 1.807) is 7.11 Å². The van der Waals surface area contributed by atoms with Crippen LogP contribution < -0.4 is 10.7 Å². The van der Waals surface area contributed by atoms with Gasteiger partial charge in [-0.05, 0) is 5.56 Å². The maximum atomic E-state index is 6.36. The number of fused-ring (bicyclic) bond motifs is 1. The van der Waals surface area contributed by atoms with E-state index in [1.807, 2.05) is 24.3 Å². The Morgan fingerprint density at radius 2 is 1.74 bits per heavy atom. The Bertz CT molecular complexity index is 878. The van der Waals surface area contributed by atoms with E-state index in [1.165, 1.54) is 5.56 Å². The Kier molecular flexibility index (Phi) is 5.09. The molecule has 0 saturated carbocycles. The topological polar surface area (TPSA) is 59.5 Å². The van der Waals surface area contributed by atoms with Gasteiger partial charge >= 0.3 is 0 Å². The SMILES string of the molecule is COCCN1Cc2c(-c3ccccc3)nc(N)n2N(Cc2ccccc2)C1. The fraction of sp³-hybridized carbons (Fsp3) is 0.286. The first kappa shape index (κ1) is 17.6. The molecule has 0 bridgehead atoms. The third kappa shape index (κ3) is 3.67. The molecule has 2 heterocycles. The molecule has 0 unspecified atom stereocenters. The number of anilines is 1. The molecule has 3 aromatic rings. The van der Waals surface area contributed by atoms with Crippen LogP contribution in [-0.2, 0) is 17.8 Å². The predicted octanol–water partition coefficient (Wildman–Crippen LogP) is 2.69. The van der Waals surface area contributed by atoms with Crippen molar-refractivity contribution in [2.45, 2.75) is 13.1 Å². The molecule has 4 rings (SSSR count). The van der Waals surface area contributed by atoms with Crippen molar-refractivity contribution in [1.82, 2.24) is 14.6 Å². The molecule has 0 fully saturated rings. The van der Waals surface area contributed by atoms with E-state index in [4.69, 9.17) is 15.5 Å². The van der Waals surface area contributed by atoms with Crippen molar-refractivity contribution < 1.29 is 4.74 Å². The van der Waals surface area contributed by atoms with Gasteiger partial charge in [0.25, 0.3) is 0 Å². The number of nitrogens with zero attached hydrogens (tertiary/aromatic N) is 4. The predicted molar refractivity (Wildman–Crippen MR) is 108 cm³/mol. The molecule has 6 nitrogen and oxygen atoms in total. The smallest absolute Gasteiger partial charge is 0.220 e. The van der Waals surface area contributed by atoms with Crippen LogP contribution in [0.4, 0.5) is 5.95 Å². The summed E-state index contributed by atoms with van der Waals surface area (Å²) in [5.74, 6) is 0.533. The monoisotopic (exact) mass is 363 g/mol. The van der Waals surface area contributed by atoms with E-state index in [0.29, 0.717) is 12.6 Å². The lowest BCUT2D eigenvalue weighted by Gasteiger charge is -2.38. The Balaban J connectivity index is 1.72. The van der Waals surface area contributed by atoms with Gasteiger partial charge in [-0.2, -0.15) is 0 Å². The molecule has 2 aromatic carbocycles. The maximum absolute atomic E-state index is 6.36. The molecule has 1 aliphatic rings. The Morgan fingerprint density at radius 3 is 2.44 bits per heavy atom. The van der Waals surface area contributed by atoms with Crippen LogP contribution >= 0.6 is 0 Å². The quantitative estimate of drug-likeness (QED) is 0.730. The molecule has 0 atom stereocenters. The van der Waals surface area contributed by atoms with Crippen LogP contribution in [0.15, 0.2) is 60.7 Å². The standard InChI is InChI=1S/C21H25N5O/c1-27-13-12-24-15-19-20(18-10-6-3-7-11-18)23-21(22)26(19)25(16-24)14-17-8-4-2-5-9-17/h2-11H,12-16H2,1H3,(H2,22,23). The number of aromatic nitrogens is 2. The highest BCUT2D eigenvalue weighted by atomic mass is 16.5. The molecule has 2 N–H and O–H groups in total. The van der Waals surface area contributed by atoms with Gasteiger partial charge in [-0.1, -0.05) is 60.7 Å². The summed E-state index contributed by atoms with van der Waals surface area (Å²) in [4.78, 5) is 7.08. The van der Waals surface area contributed by atoms with Gasteiger partial charge in [-0.3, -0.25) is 9.91 Å². The second kappa shape index (κ2) is 7.82. The maximum Gasteiger partial charge on any atom is 0.220 e. The summed E-state index contributed by atoms with van der Waals surface area (Å²) < 4.78 is 7.38. The number of hydrogen-bond donors (Lipinski definition) is 1. The highest BCUT2D eigenvalue weighted by molar-refractivity contribution is 5.64. The zero-order valence-corrected chi connectivity index (χ0v) is 15.6. The molecular weight excluding hydrogens is 338 g/mol. The first-order valence-corrected chi connectivity index (χ1v) is 9.19. The highest BCUT2D eigenvalue weighted by Crippen LogP contribution is 2.29. The highest BCUT2D eigenvalue weighted by Gasteiger charge is 2.28.